The van der Waals surface area contributed by atoms with Crippen molar-refractivity contribution in [2.45, 2.75) is 46.2 Å². The first-order valence-corrected chi connectivity index (χ1v) is 13.0. The van der Waals surface area contributed by atoms with Crippen molar-refractivity contribution in [3.8, 4) is 0 Å². The molecule has 0 N–H and O–H groups in total. The summed E-state index contributed by atoms with van der Waals surface area (Å²) in [6.45, 7) is 20.6. The number of rotatable bonds is 6. The van der Waals surface area contributed by atoms with Gasteiger partial charge in [-0.15, -0.1) is 0 Å². The van der Waals surface area contributed by atoms with Crippen molar-refractivity contribution >= 4 is 22.4 Å². The summed E-state index contributed by atoms with van der Waals surface area (Å²) in [7, 11) is -2.85. The minimum absolute atomic E-state index is 0.256. The Morgan fingerprint density at radius 3 is 1.82 bits per heavy atom. The first kappa shape index (κ1) is 16.6. The van der Waals surface area contributed by atoms with Crippen LogP contribution >= 0.6 is 0 Å². The van der Waals surface area contributed by atoms with Crippen LogP contribution in [0.15, 0.2) is 12.2 Å². The molecule has 0 aromatic rings. The summed E-state index contributed by atoms with van der Waals surface area (Å²) in [4.78, 5) is 11.6. The summed E-state index contributed by atoms with van der Waals surface area (Å²) in [5.74, 6) is -0.256. The Morgan fingerprint density at radius 2 is 1.53 bits per heavy atom. The predicted molar refractivity (Wildman–Crippen MR) is 79.2 cm³/mol. The minimum Gasteiger partial charge on any atom is -0.463 e. The van der Waals surface area contributed by atoms with Crippen LogP contribution in [0.25, 0.3) is 0 Å². The average molecular weight is 274 g/mol. The van der Waals surface area contributed by atoms with Gasteiger partial charge < -0.3 is 8.97 Å². The third kappa shape index (κ3) is 5.65. The monoisotopic (exact) mass is 273 g/mol. The van der Waals surface area contributed by atoms with Gasteiger partial charge in [0.05, 0.1) is 6.61 Å². The van der Waals surface area contributed by atoms with E-state index in [1.807, 2.05) is 6.92 Å². The fraction of sp³-hybridized carbons (Fsp3) is 0.750. The molecule has 0 unspecified atom stereocenters. The number of carbonyl (C=O) groups excluding carboxylic acids is 1. The summed E-state index contributed by atoms with van der Waals surface area (Å²) >= 11 is 0. The number of hydrogen-bond acceptors (Lipinski definition) is 3. The smallest absolute Gasteiger partial charge is 0.334 e. The lowest BCUT2D eigenvalue weighted by atomic mass is 10.3. The highest BCUT2D eigenvalue weighted by molar-refractivity contribution is 6.89. The molecule has 0 bridgehead atoms. The molecular weight excluding hydrogens is 246 g/mol. The molecule has 17 heavy (non-hydrogen) atoms. The van der Waals surface area contributed by atoms with Gasteiger partial charge in [-0.25, -0.2) is 4.79 Å². The molecule has 0 aliphatic rings. The molecule has 0 radical (unpaired) electrons. The Kier molecular flexibility index (Phi) is 5.83. The number of carbonyl (C=O) groups is 1. The summed E-state index contributed by atoms with van der Waals surface area (Å²) in [5, 5.41) is 0. The van der Waals surface area contributed by atoms with Crippen LogP contribution in [-0.2, 0) is 9.53 Å². The molecule has 0 saturated carbocycles. The first-order chi connectivity index (χ1) is 7.50. The zero-order valence-electron chi connectivity index (χ0n) is 12.4. The van der Waals surface area contributed by atoms with Crippen molar-refractivity contribution in [2.24, 2.45) is 0 Å². The molecule has 3 nitrogen and oxygen atoms in total. The van der Waals surface area contributed by atoms with Crippen molar-refractivity contribution in [1.29, 1.82) is 0 Å². The molecule has 0 heterocycles. The van der Waals surface area contributed by atoms with Crippen LogP contribution in [0.2, 0.25) is 39.3 Å². The molecule has 0 aromatic heterocycles. The van der Waals surface area contributed by atoms with Crippen LogP contribution < -0.4 is 0 Å². The predicted octanol–water partition coefficient (Wildman–Crippen LogP) is 3.08. The molecule has 0 aliphatic heterocycles. The van der Waals surface area contributed by atoms with E-state index < -0.39 is 16.5 Å². The van der Waals surface area contributed by atoms with Gasteiger partial charge in [-0.3, -0.25) is 0 Å². The molecule has 0 atom stereocenters. The highest BCUT2D eigenvalue weighted by Crippen LogP contribution is 2.21. The van der Waals surface area contributed by atoms with Crippen LogP contribution in [0.3, 0.4) is 0 Å². The van der Waals surface area contributed by atoms with Gasteiger partial charge in [-0.05, 0) is 6.92 Å². The number of esters is 1. The molecule has 0 saturated heterocycles. The van der Waals surface area contributed by atoms with Gasteiger partial charge in [0.2, 0.25) is 0 Å². The topological polar surface area (TPSA) is 29.5 Å². The minimum atomic E-state index is -1.43. The zero-order valence-corrected chi connectivity index (χ0v) is 14.4. The Bertz CT molecular complexity index is 276. The van der Waals surface area contributed by atoms with Crippen molar-refractivity contribution in [1.82, 2.24) is 4.23 Å². The molecule has 0 rings (SSSR count). The highest BCUT2D eigenvalue weighted by Gasteiger charge is 2.35. The van der Waals surface area contributed by atoms with Crippen LogP contribution in [0.1, 0.15) is 6.92 Å². The summed E-state index contributed by atoms with van der Waals surface area (Å²) in [5.41, 5.74) is 0.580. The number of nitrogens with zero attached hydrogens (tertiary/aromatic N) is 1. The molecule has 0 aliphatic carbocycles. The largest absolute Gasteiger partial charge is 0.463 e. The quantitative estimate of drug-likeness (QED) is 0.423. The first-order valence-electron chi connectivity index (χ1n) is 6.12. The summed E-state index contributed by atoms with van der Waals surface area (Å²) in [6, 6.07) is 0. The molecule has 0 fully saturated rings. The van der Waals surface area contributed by atoms with Gasteiger partial charge in [-0.1, -0.05) is 45.9 Å². The van der Waals surface area contributed by atoms with Gasteiger partial charge in [0, 0.05) is 12.1 Å². The normalized spacial score (nSPS) is 12.7. The Hall–Kier alpha value is -0.396. The third-order valence-corrected chi connectivity index (χ3v) is 10.1. The van der Waals surface area contributed by atoms with Crippen molar-refractivity contribution in [3.05, 3.63) is 12.2 Å². The van der Waals surface area contributed by atoms with E-state index >= 15 is 0 Å². The fourth-order valence-corrected chi connectivity index (χ4v) is 11.3. The van der Waals surface area contributed by atoms with Crippen molar-refractivity contribution in [2.75, 3.05) is 13.2 Å². The second-order valence-electron chi connectivity index (χ2n) is 6.25. The maximum atomic E-state index is 11.6. The number of hydrogen-bond donors (Lipinski definition) is 0. The average Bonchev–Trinajstić information content (AvgIpc) is 2.10. The molecule has 0 aromatic carbocycles. The van der Waals surface area contributed by atoms with E-state index in [4.69, 9.17) is 4.74 Å². The third-order valence-electron chi connectivity index (χ3n) is 2.53. The SMILES string of the molecule is C=C(CN([Si](C)(C)C)[Si](C)(C)C)C(=O)OCC. The van der Waals surface area contributed by atoms with Gasteiger partial charge in [0.25, 0.3) is 0 Å². The molecule has 0 amide bonds. The number of ether oxygens (including phenoxy) is 1. The maximum Gasteiger partial charge on any atom is 0.334 e. The van der Waals surface area contributed by atoms with E-state index in [-0.39, 0.29) is 5.97 Å². The van der Waals surface area contributed by atoms with Gasteiger partial charge >= 0.3 is 5.97 Å². The van der Waals surface area contributed by atoms with Gasteiger partial charge in [0.1, 0.15) is 16.5 Å². The van der Waals surface area contributed by atoms with E-state index in [1.165, 1.54) is 0 Å². The lowest BCUT2D eigenvalue weighted by molar-refractivity contribution is -0.138. The van der Waals surface area contributed by atoms with Crippen LogP contribution in [0, 0.1) is 0 Å². The Labute approximate surface area is 108 Å². The standard InChI is InChI=1S/C12H27NO2Si2/c1-9-15-12(14)11(2)10-13(16(3,4)5)17(6,7)8/h2,9-10H2,1,3-8H3. The lowest BCUT2D eigenvalue weighted by Gasteiger charge is -2.43. The van der Waals surface area contributed by atoms with Gasteiger partial charge in [-0.2, -0.15) is 0 Å². The highest BCUT2D eigenvalue weighted by atomic mass is 28.4. The van der Waals surface area contributed by atoms with E-state index in [0.29, 0.717) is 18.7 Å². The second-order valence-corrected chi connectivity index (χ2v) is 16.5. The molecule has 5 heteroatoms. The van der Waals surface area contributed by atoms with E-state index in [1.54, 1.807) is 0 Å². The van der Waals surface area contributed by atoms with Crippen molar-refractivity contribution in [3.63, 3.8) is 0 Å². The fourth-order valence-electron chi connectivity index (χ4n) is 1.97. The molecule has 100 valence electrons. The molecule has 0 spiro atoms. The summed E-state index contributed by atoms with van der Waals surface area (Å²) in [6.07, 6.45) is 0. The van der Waals surface area contributed by atoms with Crippen LogP contribution in [0.5, 0.6) is 0 Å². The Morgan fingerprint density at radius 1 is 1.12 bits per heavy atom. The Balaban J connectivity index is 4.80. The van der Waals surface area contributed by atoms with Crippen molar-refractivity contribution < 1.29 is 9.53 Å². The van der Waals surface area contributed by atoms with E-state index in [9.17, 15) is 4.79 Å². The van der Waals surface area contributed by atoms with E-state index in [0.717, 1.165) is 0 Å². The lowest BCUT2D eigenvalue weighted by Crippen LogP contribution is -2.59. The van der Waals surface area contributed by atoms with Crippen LogP contribution in [0.4, 0.5) is 0 Å². The summed E-state index contributed by atoms with van der Waals surface area (Å²) < 4.78 is 7.52. The molecular formula is C12H27NO2Si2. The van der Waals surface area contributed by atoms with E-state index in [2.05, 4.69) is 50.1 Å². The second kappa shape index (κ2) is 5.97. The van der Waals surface area contributed by atoms with Gasteiger partial charge in [0.15, 0.2) is 0 Å². The van der Waals surface area contributed by atoms with Crippen LogP contribution in [-0.4, -0.2) is 39.8 Å². The maximum absolute atomic E-state index is 11.6. The zero-order chi connectivity index (χ0) is 13.9.